The monoisotopic (exact) mass is 262 g/mol. The minimum atomic E-state index is -0.438. The van der Waals surface area contributed by atoms with Gasteiger partial charge in [-0.1, -0.05) is 0 Å². The quantitative estimate of drug-likeness (QED) is 0.638. The Morgan fingerprint density at radius 3 is 2.84 bits per heavy atom. The summed E-state index contributed by atoms with van der Waals surface area (Å²) in [6, 6.07) is 3.21. The maximum absolute atomic E-state index is 12.0. The van der Waals surface area contributed by atoms with Crippen LogP contribution in [0, 0.1) is 5.92 Å². The number of Topliss-reactive ketones (excluding diaryl/α,β-unsaturated/α-hetero) is 1. The highest BCUT2D eigenvalue weighted by atomic mass is 16.5. The van der Waals surface area contributed by atoms with Gasteiger partial charge in [0.15, 0.2) is 5.78 Å². The molecule has 1 aliphatic heterocycles. The number of hydrogen-bond donors (Lipinski definition) is 1. The number of carbonyl (C=O) groups is 3. The first-order valence-corrected chi connectivity index (χ1v) is 5.97. The molecule has 1 aromatic heterocycles. The number of nitrogens with one attached hydrogen (secondary N) is 1. The molecule has 1 atom stereocenters. The van der Waals surface area contributed by atoms with E-state index in [2.05, 4.69) is 10.3 Å². The Morgan fingerprint density at radius 1 is 1.47 bits per heavy atom. The Hall–Kier alpha value is -2.24. The Morgan fingerprint density at radius 2 is 2.26 bits per heavy atom. The third-order valence-electron chi connectivity index (χ3n) is 3.05. The first-order chi connectivity index (χ1) is 9.10. The Kier molecular flexibility index (Phi) is 3.89. The minimum absolute atomic E-state index is 0.0904. The first kappa shape index (κ1) is 13.2. The molecule has 1 aromatic rings. The van der Waals surface area contributed by atoms with Crippen LogP contribution in [0.2, 0.25) is 0 Å². The molecule has 0 aromatic carbocycles. The summed E-state index contributed by atoms with van der Waals surface area (Å²) in [5.74, 6) is -0.819. The maximum atomic E-state index is 12.0. The van der Waals surface area contributed by atoms with Crippen LogP contribution in [0.5, 0.6) is 5.88 Å². The molecule has 1 saturated heterocycles. The number of pyridine rings is 1. The fraction of sp³-hybridized carbons (Fsp3) is 0.385. The molecule has 2 heterocycles. The van der Waals surface area contributed by atoms with Gasteiger partial charge in [0, 0.05) is 36.6 Å². The van der Waals surface area contributed by atoms with Crippen molar-refractivity contribution in [2.45, 2.75) is 19.3 Å². The second kappa shape index (κ2) is 5.60. The van der Waals surface area contributed by atoms with Gasteiger partial charge in [-0.15, -0.1) is 0 Å². The fourth-order valence-corrected chi connectivity index (χ4v) is 1.94. The molecule has 6 heteroatoms. The normalized spacial score (nSPS) is 18.9. The van der Waals surface area contributed by atoms with E-state index in [0.717, 1.165) is 0 Å². The predicted octanol–water partition coefficient (Wildman–Crippen LogP) is 0.716. The van der Waals surface area contributed by atoms with Crippen molar-refractivity contribution in [2.75, 3.05) is 7.11 Å². The van der Waals surface area contributed by atoms with Crippen molar-refractivity contribution in [3.8, 4) is 5.88 Å². The second-order valence-corrected chi connectivity index (χ2v) is 4.36. The van der Waals surface area contributed by atoms with E-state index >= 15 is 0 Å². The molecule has 1 unspecified atom stereocenters. The van der Waals surface area contributed by atoms with Gasteiger partial charge in [-0.2, -0.15) is 0 Å². The van der Waals surface area contributed by atoms with Crippen LogP contribution in [0.25, 0.3) is 0 Å². The van der Waals surface area contributed by atoms with Crippen LogP contribution in [-0.2, 0) is 9.59 Å². The SMILES string of the molecule is COc1ccc(C(=O)CC2CCC(=O)NC2=O)cn1. The number of methoxy groups -OCH3 is 1. The summed E-state index contributed by atoms with van der Waals surface area (Å²) in [6.07, 6.45) is 2.21. The van der Waals surface area contributed by atoms with Gasteiger partial charge in [0.1, 0.15) is 0 Å². The predicted molar refractivity (Wildman–Crippen MR) is 65.6 cm³/mol. The molecule has 100 valence electrons. The number of rotatable bonds is 4. The molecule has 6 nitrogen and oxygen atoms in total. The van der Waals surface area contributed by atoms with E-state index < -0.39 is 5.92 Å². The van der Waals surface area contributed by atoms with Crippen LogP contribution in [0.4, 0.5) is 0 Å². The number of ketones is 1. The van der Waals surface area contributed by atoms with Gasteiger partial charge in [0.2, 0.25) is 17.7 Å². The van der Waals surface area contributed by atoms with Crippen molar-refractivity contribution < 1.29 is 19.1 Å². The van der Waals surface area contributed by atoms with E-state index in [9.17, 15) is 14.4 Å². The zero-order valence-electron chi connectivity index (χ0n) is 10.5. The highest BCUT2D eigenvalue weighted by Crippen LogP contribution is 2.19. The van der Waals surface area contributed by atoms with Gasteiger partial charge < -0.3 is 4.74 Å². The molecular formula is C13H14N2O4. The molecule has 0 radical (unpaired) electrons. The number of ether oxygens (including phenoxy) is 1. The number of imide groups is 1. The molecule has 0 aliphatic carbocycles. The first-order valence-electron chi connectivity index (χ1n) is 5.97. The van der Waals surface area contributed by atoms with E-state index in [1.807, 2.05) is 0 Å². The van der Waals surface area contributed by atoms with Crippen LogP contribution in [-0.4, -0.2) is 29.7 Å². The molecule has 19 heavy (non-hydrogen) atoms. The average molecular weight is 262 g/mol. The third kappa shape index (κ3) is 3.15. The minimum Gasteiger partial charge on any atom is -0.481 e. The molecule has 0 saturated carbocycles. The summed E-state index contributed by atoms with van der Waals surface area (Å²) in [7, 11) is 1.49. The van der Waals surface area contributed by atoms with Crippen molar-refractivity contribution in [3.63, 3.8) is 0 Å². The van der Waals surface area contributed by atoms with Crippen molar-refractivity contribution in [1.82, 2.24) is 10.3 Å². The highest BCUT2D eigenvalue weighted by Gasteiger charge is 2.28. The zero-order chi connectivity index (χ0) is 13.8. The lowest BCUT2D eigenvalue weighted by Crippen LogP contribution is -2.41. The van der Waals surface area contributed by atoms with Gasteiger partial charge in [0.05, 0.1) is 7.11 Å². The van der Waals surface area contributed by atoms with Gasteiger partial charge in [0.25, 0.3) is 0 Å². The Bertz CT molecular complexity index is 510. The van der Waals surface area contributed by atoms with Crippen molar-refractivity contribution in [3.05, 3.63) is 23.9 Å². The lowest BCUT2D eigenvalue weighted by Gasteiger charge is -2.19. The van der Waals surface area contributed by atoms with E-state index in [0.29, 0.717) is 17.9 Å². The number of piperidine rings is 1. The van der Waals surface area contributed by atoms with E-state index in [1.165, 1.54) is 13.3 Å². The molecular weight excluding hydrogens is 248 g/mol. The van der Waals surface area contributed by atoms with Crippen molar-refractivity contribution in [1.29, 1.82) is 0 Å². The van der Waals surface area contributed by atoms with Gasteiger partial charge >= 0.3 is 0 Å². The highest BCUT2D eigenvalue weighted by molar-refractivity contribution is 6.03. The van der Waals surface area contributed by atoms with Gasteiger partial charge in [-0.05, 0) is 12.5 Å². The number of nitrogens with zero attached hydrogens (tertiary/aromatic N) is 1. The van der Waals surface area contributed by atoms with Gasteiger partial charge in [-0.25, -0.2) is 4.98 Å². The molecule has 2 amide bonds. The molecule has 0 spiro atoms. The van der Waals surface area contributed by atoms with Crippen LogP contribution in [0.15, 0.2) is 18.3 Å². The van der Waals surface area contributed by atoms with Crippen LogP contribution >= 0.6 is 0 Å². The topological polar surface area (TPSA) is 85.4 Å². The number of aromatic nitrogens is 1. The summed E-state index contributed by atoms with van der Waals surface area (Å²) >= 11 is 0. The lowest BCUT2D eigenvalue weighted by molar-refractivity contribution is -0.136. The molecule has 1 aliphatic rings. The largest absolute Gasteiger partial charge is 0.481 e. The maximum Gasteiger partial charge on any atom is 0.230 e. The third-order valence-corrected chi connectivity index (χ3v) is 3.05. The zero-order valence-corrected chi connectivity index (χ0v) is 10.5. The molecule has 0 bridgehead atoms. The summed E-state index contributed by atoms with van der Waals surface area (Å²) in [6.45, 7) is 0. The average Bonchev–Trinajstić information content (AvgIpc) is 2.42. The van der Waals surface area contributed by atoms with Crippen molar-refractivity contribution in [2.24, 2.45) is 5.92 Å². The number of amides is 2. The summed E-state index contributed by atoms with van der Waals surface area (Å²) in [5, 5.41) is 2.24. The number of hydrogen-bond acceptors (Lipinski definition) is 5. The summed E-state index contributed by atoms with van der Waals surface area (Å²) in [4.78, 5) is 38.5. The van der Waals surface area contributed by atoms with E-state index in [-0.39, 0.29) is 30.4 Å². The van der Waals surface area contributed by atoms with Crippen molar-refractivity contribution >= 4 is 17.6 Å². The number of carbonyl (C=O) groups excluding carboxylic acids is 3. The second-order valence-electron chi connectivity index (χ2n) is 4.36. The molecule has 1 N–H and O–H groups in total. The summed E-state index contributed by atoms with van der Waals surface area (Å²) in [5.41, 5.74) is 0.436. The molecule has 2 rings (SSSR count). The lowest BCUT2D eigenvalue weighted by atomic mass is 9.91. The fourth-order valence-electron chi connectivity index (χ4n) is 1.94. The van der Waals surface area contributed by atoms with Crippen LogP contribution < -0.4 is 10.1 Å². The Labute approximate surface area is 110 Å². The van der Waals surface area contributed by atoms with Crippen LogP contribution in [0.3, 0.4) is 0 Å². The molecule has 1 fully saturated rings. The summed E-state index contributed by atoms with van der Waals surface area (Å²) < 4.78 is 4.90. The van der Waals surface area contributed by atoms with Crippen LogP contribution in [0.1, 0.15) is 29.6 Å². The van der Waals surface area contributed by atoms with E-state index in [4.69, 9.17) is 4.74 Å². The smallest absolute Gasteiger partial charge is 0.230 e. The Balaban J connectivity index is 2.00. The van der Waals surface area contributed by atoms with E-state index in [1.54, 1.807) is 12.1 Å². The van der Waals surface area contributed by atoms with Gasteiger partial charge in [-0.3, -0.25) is 19.7 Å². The standard InChI is InChI=1S/C13H14N2O4/c1-19-12-5-3-9(7-14-12)10(16)6-8-2-4-11(17)15-13(8)18/h3,5,7-8H,2,4,6H2,1H3,(H,15,17,18).